The number of nitriles is 3. The SMILES string of the molecule is CC1=COC(C#N)(C#N)C1(C)C#N. The maximum absolute atomic E-state index is 8.92. The van der Waals surface area contributed by atoms with Crippen molar-refractivity contribution in [3.63, 3.8) is 0 Å². The molecule has 1 unspecified atom stereocenters. The summed E-state index contributed by atoms with van der Waals surface area (Å²) in [4.78, 5) is 0. The third-order valence-electron chi connectivity index (χ3n) is 2.44. The van der Waals surface area contributed by atoms with Crippen molar-refractivity contribution >= 4 is 0 Å². The summed E-state index contributed by atoms with van der Waals surface area (Å²) in [5.41, 5.74) is -2.26. The molecule has 1 aliphatic rings. The molecular formula is C9H7N3O. The van der Waals surface area contributed by atoms with E-state index in [-0.39, 0.29) is 0 Å². The van der Waals surface area contributed by atoms with E-state index in [1.807, 2.05) is 6.07 Å². The van der Waals surface area contributed by atoms with E-state index in [1.54, 1.807) is 19.1 Å². The number of rotatable bonds is 0. The van der Waals surface area contributed by atoms with Crippen molar-refractivity contribution in [3.05, 3.63) is 11.8 Å². The summed E-state index contributed by atoms with van der Waals surface area (Å²) in [6.07, 6.45) is 1.30. The Kier molecular flexibility index (Phi) is 1.75. The molecular weight excluding hydrogens is 166 g/mol. The average molecular weight is 173 g/mol. The Labute approximate surface area is 76.3 Å². The van der Waals surface area contributed by atoms with Crippen molar-refractivity contribution in [1.29, 1.82) is 15.8 Å². The van der Waals surface area contributed by atoms with E-state index in [0.717, 1.165) is 0 Å². The highest BCUT2D eigenvalue weighted by molar-refractivity contribution is 5.42. The molecule has 1 aliphatic heterocycles. The van der Waals surface area contributed by atoms with Gasteiger partial charge in [0.1, 0.15) is 17.6 Å². The zero-order valence-electron chi connectivity index (χ0n) is 7.33. The predicted octanol–water partition coefficient (Wildman–Crippen LogP) is 1.24. The van der Waals surface area contributed by atoms with Gasteiger partial charge in [-0.05, 0) is 19.4 Å². The van der Waals surface area contributed by atoms with Crippen molar-refractivity contribution in [2.45, 2.75) is 19.4 Å². The number of ether oxygens (including phenoxy) is 1. The molecule has 0 saturated heterocycles. The van der Waals surface area contributed by atoms with Crippen molar-refractivity contribution in [2.24, 2.45) is 5.41 Å². The third kappa shape index (κ3) is 0.819. The topological polar surface area (TPSA) is 80.6 Å². The lowest BCUT2D eigenvalue weighted by molar-refractivity contribution is 0.0939. The van der Waals surface area contributed by atoms with Crippen LogP contribution in [0.4, 0.5) is 0 Å². The Balaban J connectivity index is 3.34. The van der Waals surface area contributed by atoms with Crippen molar-refractivity contribution in [3.8, 4) is 18.2 Å². The molecule has 4 heteroatoms. The van der Waals surface area contributed by atoms with Crippen LogP contribution in [0, 0.1) is 39.4 Å². The molecule has 0 aliphatic carbocycles. The normalized spacial score (nSPS) is 29.0. The molecule has 0 spiro atoms. The van der Waals surface area contributed by atoms with Gasteiger partial charge in [-0.1, -0.05) is 0 Å². The van der Waals surface area contributed by atoms with Gasteiger partial charge >= 0.3 is 5.60 Å². The summed E-state index contributed by atoms with van der Waals surface area (Å²) < 4.78 is 4.95. The zero-order valence-corrected chi connectivity index (χ0v) is 7.33. The molecule has 64 valence electrons. The summed E-state index contributed by atoms with van der Waals surface area (Å²) in [7, 11) is 0. The van der Waals surface area contributed by atoms with Gasteiger partial charge < -0.3 is 4.74 Å². The molecule has 1 heterocycles. The first-order chi connectivity index (χ1) is 6.06. The molecule has 0 amide bonds. The Morgan fingerprint density at radius 3 is 2.08 bits per heavy atom. The monoisotopic (exact) mass is 173 g/mol. The molecule has 0 aromatic carbocycles. The van der Waals surface area contributed by atoms with Gasteiger partial charge in [0.05, 0.1) is 12.3 Å². The Morgan fingerprint density at radius 1 is 1.23 bits per heavy atom. The highest BCUT2D eigenvalue weighted by Gasteiger charge is 2.57. The summed E-state index contributed by atoms with van der Waals surface area (Å²) in [6.45, 7) is 3.19. The van der Waals surface area contributed by atoms with Crippen LogP contribution in [0.15, 0.2) is 11.8 Å². The van der Waals surface area contributed by atoms with Crippen molar-refractivity contribution < 1.29 is 4.74 Å². The number of hydrogen-bond donors (Lipinski definition) is 0. The second-order valence-electron chi connectivity index (χ2n) is 3.06. The van der Waals surface area contributed by atoms with E-state index < -0.39 is 11.0 Å². The van der Waals surface area contributed by atoms with Gasteiger partial charge in [-0.15, -0.1) is 0 Å². The lowest BCUT2D eigenvalue weighted by Crippen LogP contribution is -2.41. The largest absolute Gasteiger partial charge is 0.465 e. The van der Waals surface area contributed by atoms with Crippen LogP contribution < -0.4 is 0 Å². The molecule has 4 nitrogen and oxygen atoms in total. The van der Waals surface area contributed by atoms with E-state index in [2.05, 4.69) is 0 Å². The molecule has 0 radical (unpaired) electrons. The van der Waals surface area contributed by atoms with E-state index in [4.69, 9.17) is 20.5 Å². The van der Waals surface area contributed by atoms with Crippen LogP contribution in [-0.2, 0) is 4.74 Å². The lowest BCUT2D eigenvalue weighted by Gasteiger charge is -2.25. The molecule has 0 fully saturated rings. The molecule has 0 bridgehead atoms. The molecule has 0 saturated carbocycles. The Hall–Kier alpha value is -1.99. The fourth-order valence-electron chi connectivity index (χ4n) is 1.16. The fraction of sp³-hybridized carbons (Fsp3) is 0.444. The van der Waals surface area contributed by atoms with Gasteiger partial charge in [0, 0.05) is 0 Å². The molecule has 0 aromatic rings. The quantitative estimate of drug-likeness (QED) is 0.551. The summed E-state index contributed by atoms with van der Waals surface area (Å²) in [6, 6.07) is 5.43. The Bertz CT molecular complexity index is 377. The van der Waals surface area contributed by atoms with Crippen LogP contribution in [0.3, 0.4) is 0 Å². The van der Waals surface area contributed by atoms with Crippen molar-refractivity contribution in [2.75, 3.05) is 0 Å². The van der Waals surface area contributed by atoms with Gasteiger partial charge in [0.2, 0.25) is 0 Å². The van der Waals surface area contributed by atoms with Crippen LogP contribution in [-0.4, -0.2) is 5.60 Å². The Morgan fingerprint density at radius 2 is 1.77 bits per heavy atom. The van der Waals surface area contributed by atoms with Crippen LogP contribution >= 0.6 is 0 Å². The first-order valence-corrected chi connectivity index (χ1v) is 3.65. The molecule has 0 N–H and O–H groups in total. The second-order valence-corrected chi connectivity index (χ2v) is 3.06. The maximum Gasteiger partial charge on any atom is 0.301 e. The maximum atomic E-state index is 8.92. The van der Waals surface area contributed by atoms with E-state index in [1.165, 1.54) is 13.2 Å². The van der Waals surface area contributed by atoms with Crippen LogP contribution in [0.5, 0.6) is 0 Å². The minimum Gasteiger partial charge on any atom is -0.465 e. The zero-order chi connectivity index (χ0) is 10.1. The summed E-state index contributed by atoms with van der Waals surface area (Å²) in [5, 5.41) is 26.6. The van der Waals surface area contributed by atoms with Crippen LogP contribution in [0.2, 0.25) is 0 Å². The van der Waals surface area contributed by atoms with Gasteiger partial charge in [0.15, 0.2) is 0 Å². The molecule has 1 atom stereocenters. The first kappa shape index (κ1) is 9.10. The molecule has 13 heavy (non-hydrogen) atoms. The van der Waals surface area contributed by atoms with Crippen LogP contribution in [0.25, 0.3) is 0 Å². The third-order valence-corrected chi connectivity index (χ3v) is 2.44. The van der Waals surface area contributed by atoms with Crippen LogP contribution in [0.1, 0.15) is 13.8 Å². The number of nitrogens with zero attached hydrogens (tertiary/aromatic N) is 3. The summed E-state index contributed by atoms with van der Waals surface area (Å²) in [5.74, 6) is 0. The predicted molar refractivity (Wildman–Crippen MR) is 42.5 cm³/mol. The smallest absolute Gasteiger partial charge is 0.301 e. The van der Waals surface area contributed by atoms with E-state index in [9.17, 15) is 0 Å². The fourth-order valence-corrected chi connectivity index (χ4v) is 1.16. The van der Waals surface area contributed by atoms with Gasteiger partial charge in [-0.3, -0.25) is 0 Å². The minimum absolute atomic E-state index is 0.595. The van der Waals surface area contributed by atoms with Gasteiger partial charge in [-0.25, -0.2) is 0 Å². The average Bonchev–Trinajstić information content (AvgIpc) is 2.42. The standard InChI is InChI=1S/C9H7N3O/c1-7-3-13-9(5-11,6-12)8(7,2)4-10/h3H,1-2H3. The highest BCUT2D eigenvalue weighted by atomic mass is 16.5. The number of hydrogen-bond acceptors (Lipinski definition) is 4. The minimum atomic E-state index is -1.69. The molecule has 0 aromatic heterocycles. The summed E-state index contributed by atoms with van der Waals surface area (Å²) >= 11 is 0. The van der Waals surface area contributed by atoms with Crippen molar-refractivity contribution in [1.82, 2.24) is 0 Å². The van der Waals surface area contributed by atoms with Gasteiger partial charge in [-0.2, -0.15) is 15.8 Å². The molecule has 1 rings (SSSR count). The second kappa shape index (κ2) is 2.51. The first-order valence-electron chi connectivity index (χ1n) is 3.65. The van der Waals surface area contributed by atoms with E-state index in [0.29, 0.717) is 5.57 Å². The van der Waals surface area contributed by atoms with E-state index >= 15 is 0 Å². The highest BCUT2D eigenvalue weighted by Crippen LogP contribution is 2.45. The lowest BCUT2D eigenvalue weighted by atomic mass is 9.73. The van der Waals surface area contributed by atoms with Gasteiger partial charge in [0.25, 0.3) is 0 Å².